The van der Waals surface area contributed by atoms with E-state index in [1.54, 1.807) is 6.33 Å². The summed E-state index contributed by atoms with van der Waals surface area (Å²) in [4.78, 5) is 4.52. The van der Waals surface area contributed by atoms with Crippen molar-refractivity contribution in [2.75, 3.05) is 32.8 Å². The van der Waals surface area contributed by atoms with Crippen LogP contribution in [0.1, 0.15) is 33.0 Å². The Bertz CT molecular complexity index is 489. The van der Waals surface area contributed by atoms with Gasteiger partial charge in [0.15, 0.2) is 5.96 Å². The Morgan fingerprint density at radius 3 is 2.75 bits per heavy atom. The van der Waals surface area contributed by atoms with E-state index in [2.05, 4.69) is 43.9 Å². The molecule has 24 heavy (non-hydrogen) atoms. The Morgan fingerprint density at radius 1 is 1.33 bits per heavy atom. The number of rotatable bonds is 11. The molecule has 1 rings (SSSR count). The number of nitrogens with one attached hydrogen (secondary N) is 2. The quantitative estimate of drug-likeness (QED) is 0.177. The molecule has 0 aliphatic carbocycles. The third kappa shape index (κ3) is 9.86. The van der Waals surface area contributed by atoms with Gasteiger partial charge in [-0.3, -0.25) is 0 Å². The van der Waals surface area contributed by atoms with Crippen LogP contribution in [-0.4, -0.2) is 53.6 Å². The number of guanidine groups is 1. The van der Waals surface area contributed by atoms with Gasteiger partial charge in [-0.2, -0.15) is 0 Å². The fourth-order valence-electron chi connectivity index (χ4n) is 1.95. The van der Waals surface area contributed by atoms with Crippen LogP contribution in [0.3, 0.4) is 0 Å². The lowest BCUT2D eigenvalue weighted by Gasteiger charge is -2.13. The van der Waals surface area contributed by atoms with Gasteiger partial charge in [-0.1, -0.05) is 19.1 Å². The molecule has 0 saturated carbocycles. The van der Waals surface area contributed by atoms with Crippen molar-refractivity contribution in [2.24, 2.45) is 4.99 Å². The monoisotopic (exact) mass is 450 g/mol. The van der Waals surface area contributed by atoms with Crippen LogP contribution in [0.4, 0.5) is 0 Å². The number of hydrogen-bond donors (Lipinski definition) is 2. The van der Waals surface area contributed by atoms with E-state index in [-0.39, 0.29) is 24.0 Å². The second-order valence-electron chi connectivity index (χ2n) is 5.32. The van der Waals surface area contributed by atoms with Crippen LogP contribution < -0.4 is 10.6 Å². The van der Waals surface area contributed by atoms with E-state index in [0.29, 0.717) is 6.54 Å². The molecule has 0 aliphatic heterocycles. The van der Waals surface area contributed by atoms with Crippen LogP contribution in [0.15, 0.2) is 23.5 Å². The summed E-state index contributed by atoms with van der Waals surface area (Å²) in [5.41, 5.74) is 1.03. The highest BCUT2D eigenvalue weighted by atomic mass is 127. The summed E-state index contributed by atoms with van der Waals surface area (Å²) in [6.07, 6.45) is 3.60. The molecule has 8 heteroatoms. The normalized spacial score (nSPS) is 11.0. The number of aromatic nitrogens is 3. The standard InChI is InChI=1S/C16H30N6O.HI/c1-5-15-21-20-13-22(15)10-9-18-16(19-12-14(3)4)17-8-7-11-23-6-2;/h13H,3,5-12H2,1-2,4H3,(H2,17,18,19);1H. The average Bonchev–Trinajstić information content (AvgIpc) is 2.99. The largest absolute Gasteiger partial charge is 0.382 e. The summed E-state index contributed by atoms with van der Waals surface area (Å²) in [6, 6.07) is 0. The van der Waals surface area contributed by atoms with Gasteiger partial charge in [0.05, 0.1) is 6.54 Å². The molecular formula is C16H31IN6O. The highest BCUT2D eigenvalue weighted by molar-refractivity contribution is 14.0. The maximum atomic E-state index is 5.34. The van der Waals surface area contributed by atoms with Crippen LogP contribution in [0.2, 0.25) is 0 Å². The van der Waals surface area contributed by atoms with Gasteiger partial charge in [-0.25, -0.2) is 4.99 Å². The number of ether oxygens (including phenoxy) is 1. The molecule has 0 amide bonds. The molecule has 0 saturated heterocycles. The third-order valence-electron chi connectivity index (χ3n) is 3.13. The van der Waals surface area contributed by atoms with Crippen molar-refractivity contribution in [2.45, 2.75) is 40.2 Å². The lowest BCUT2D eigenvalue weighted by atomic mass is 10.4. The molecule has 0 atom stereocenters. The molecule has 2 N–H and O–H groups in total. The summed E-state index contributed by atoms with van der Waals surface area (Å²) in [5, 5.41) is 14.7. The van der Waals surface area contributed by atoms with E-state index in [0.717, 1.165) is 63.0 Å². The minimum atomic E-state index is 0. The number of hydrogen-bond acceptors (Lipinski definition) is 4. The first-order valence-corrected chi connectivity index (χ1v) is 8.28. The molecule has 0 aromatic carbocycles. The molecule has 0 spiro atoms. The zero-order valence-electron chi connectivity index (χ0n) is 15.0. The summed E-state index contributed by atoms with van der Waals surface area (Å²) < 4.78 is 7.39. The van der Waals surface area contributed by atoms with Crippen LogP contribution in [0, 0.1) is 0 Å². The van der Waals surface area contributed by atoms with Crippen LogP contribution in [0.25, 0.3) is 0 Å². The smallest absolute Gasteiger partial charge is 0.191 e. The van der Waals surface area contributed by atoms with Crippen molar-refractivity contribution < 1.29 is 4.74 Å². The van der Waals surface area contributed by atoms with E-state index in [1.807, 2.05) is 13.8 Å². The summed E-state index contributed by atoms with van der Waals surface area (Å²) >= 11 is 0. The minimum absolute atomic E-state index is 0. The van der Waals surface area contributed by atoms with Crippen LogP contribution >= 0.6 is 24.0 Å². The molecule has 1 aromatic rings. The van der Waals surface area contributed by atoms with Crippen molar-refractivity contribution in [3.05, 3.63) is 24.3 Å². The van der Waals surface area contributed by atoms with Gasteiger partial charge in [-0.15, -0.1) is 34.2 Å². The number of aryl methyl sites for hydroxylation is 1. The first kappa shape index (κ1) is 22.8. The molecule has 0 unspecified atom stereocenters. The average molecular weight is 450 g/mol. The van der Waals surface area contributed by atoms with Crippen molar-refractivity contribution in [1.82, 2.24) is 25.4 Å². The summed E-state index contributed by atoms with van der Waals surface area (Å²) in [5.74, 6) is 1.80. The van der Waals surface area contributed by atoms with E-state index in [1.165, 1.54) is 0 Å². The Balaban J connectivity index is 0.00000529. The molecule has 0 radical (unpaired) electrons. The first-order valence-electron chi connectivity index (χ1n) is 8.28. The van der Waals surface area contributed by atoms with Gasteiger partial charge in [0.1, 0.15) is 12.2 Å². The first-order chi connectivity index (χ1) is 11.2. The van der Waals surface area contributed by atoms with Gasteiger partial charge in [0.2, 0.25) is 0 Å². The third-order valence-corrected chi connectivity index (χ3v) is 3.13. The summed E-state index contributed by atoms with van der Waals surface area (Å²) in [7, 11) is 0. The van der Waals surface area contributed by atoms with Crippen molar-refractivity contribution in [3.63, 3.8) is 0 Å². The molecule has 138 valence electrons. The van der Waals surface area contributed by atoms with E-state index in [4.69, 9.17) is 4.74 Å². The van der Waals surface area contributed by atoms with Gasteiger partial charge >= 0.3 is 0 Å². The van der Waals surface area contributed by atoms with Gasteiger partial charge in [0, 0.05) is 39.3 Å². The molecular weight excluding hydrogens is 419 g/mol. The Hall–Kier alpha value is -1.16. The highest BCUT2D eigenvalue weighted by Crippen LogP contribution is 1.95. The fourth-order valence-corrected chi connectivity index (χ4v) is 1.95. The van der Waals surface area contributed by atoms with Gasteiger partial charge in [0.25, 0.3) is 0 Å². The topological polar surface area (TPSA) is 76.4 Å². The molecule has 0 fully saturated rings. The lowest BCUT2D eigenvalue weighted by Crippen LogP contribution is -2.40. The van der Waals surface area contributed by atoms with E-state index >= 15 is 0 Å². The van der Waals surface area contributed by atoms with E-state index < -0.39 is 0 Å². The predicted octanol–water partition coefficient (Wildman–Crippen LogP) is 2.00. The van der Waals surface area contributed by atoms with Crippen molar-refractivity contribution in [3.8, 4) is 0 Å². The molecule has 0 bridgehead atoms. The second-order valence-corrected chi connectivity index (χ2v) is 5.32. The maximum Gasteiger partial charge on any atom is 0.191 e. The number of aliphatic imine (C=N–C) groups is 1. The van der Waals surface area contributed by atoms with Crippen molar-refractivity contribution >= 4 is 29.9 Å². The number of halogens is 1. The predicted molar refractivity (Wildman–Crippen MR) is 109 cm³/mol. The van der Waals surface area contributed by atoms with Gasteiger partial charge in [-0.05, 0) is 20.3 Å². The Labute approximate surface area is 162 Å². The zero-order chi connectivity index (χ0) is 16.9. The van der Waals surface area contributed by atoms with Crippen molar-refractivity contribution in [1.29, 1.82) is 0 Å². The minimum Gasteiger partial charge on any atom is -0.382 e. The lowest BCUT2D eigenvalue weighted by molar-refractivity contribution is 0.145. The number of nitrogens with zero attached hydrogens (tertiary/aromatic N) is 4. The molecule has 1 aromatic heterocycles. The second kappa shape index (κ2) is 14.2. The summed E-state index contributed by atoms with van der Waals surface area (Å²) in [6.45, 7) is 14.5. The van der Waals surface area contributed by atoms with Crippen LogP contribution in [-0.2, 0) is 17.7 Å². The molecule has 0 aliphatic rings. The Morgan fingerprint density at radius 2 is 2.08 bits per heavy atom. The van der Waals surface area contributed by atoms with E-state index in [9.17, 15) is 0 Å². The fraction of sp³-hybridized carbons (Fsp3) is 0.688. The van der Waals surface area contributed by atoms with Crippen LogP contribution in [0.5, 0.6) is 0 Å². The zero-order valence-corrected chi connectivity index (χ0v) is 17.4. The highest BCUT2D eigenvalue weighted by Gasteiger charge is 2.02. The molecule has 7 nitrogen and oxygen atoms in total. The maximum absolute atomic E-state index is 5.34. The molecule has 1 heterocycles. The SMILES string of the molecule is C=C(C)CN=C(NCCCOCC)NCCn1cnnc1CC.I. The Kier molecular flexibility index (Phi) is 13.5. The van der Waals surface area contributed by atoms with Gasteiger partial charge < -0.3 is 19.9 Å².